The summed E-state index contributed by atoms with van der Waals surface area (Å²) in [6, 6.07) is 17.7. The average Bonchev–Trinajstić information content (AvgIpc) is 3.22. The maximum Gasteiger partial charge on any atom is 0.233 e. The van der Waals surface area contributed by atoms with Gasteiger partial charge in [-0.2, -0.15) is 5.10 Å². The van der Waals surface area contributed by atoms with Gasteiger partial charge in [-0.05, 0) is 35.7 Å². The first kappa shape index (κ1) is 20.9. The van der Waals surface area contributed by atoms with Crippen LogP contribution in [-0.4, -0.2) is 33.4 Å². The van der Waals surface area contributed by atoms with Gasteiger partial charge in [0, 0.05) is 11.3 Å². The van der Waals surface area contributed by atoms with E-state index in [1.54, 1.807) is 18.9 Å². The molecule has 152 valence electrons. The third-order valence-corrected chi connectivity index (χ3v) is 6.06. The maximum atomic E-state index is 12.7. The standard InChI is InChI=1S/C22H26N4O2S/c1-15(2)20(29-14-16-7-5-4-6-8-16)22(27)23-13-19-24-21(26-25-19)17-9-11-18(28-3)12-10-17/h4-12,15,20H,13-14H2,1-3H3,(H,23,27)(H,24,25,26). The molecule has 1 amide bonds. The molecule has 0 fully saturated rings. The van der Waals surface area contributed by atoms with E-state index in [4.69, 9.17) is 4.74 Å². The molecule has 0 saturated heterocycles. The van der Waals surface area contributed by atoms with Crippen LogP contribution in [0.5, 0.6) is 5.75 Å². The fraction of sp³-hybridized carbons (Fsp3) is 0.318. The van der Waals surface area contributed by atoms with Crippen molar-refractivity contribution in [2.45, 2.75) is 31.4 Å². The van der Waals surface area contributed by atoms with Crippen molar-refractivity contribution in [2.75, 3.05) is 7.11 Å². The van der Waals surface area contributed by atoms with Gasteiger partial charge in [0.05, 0.1) is 18.9 Å². The Morgan fingerprint density at radius 2 is 1.86 bits per heavy atom. The number of ether oxygens (including phenoxy) is 1. The molecule has 0 aliphatic heterocycles. The Morgan fingerprint density at radius 3 is 2.52 bits per heavy atom. The van der Waals surface area contributed by atoms with Crippen LogP contribution in [0.1, 0.15) is 25.2 Å². The number of aromatic nitrogens is 3. The van der Waals surface area contributed by atoms with Crippen LogP contribution < -0.4 is 10.1 Å². The number of rotatable bonds is 9. The van der Waals surface area contributed by atoms with Crippen molar-refractivity contribution >= 4 is 17.7 Å². The van der Waals surface area contributed by atoms with Crippen molar-refractivity contribution in [2.24, 2.45) is 5.92 Å². The first-order valence-electron chi connectivity index (χ1n) is 9.55. The zero-order chi connectivity index (χ0) is 20.6. The topological polar surface area (TPSA) is 79.9 Å². The van der Waals surface area contributed by atoms with Crippen molar-refractivity contribution in [1.82, 2.24) is 20.5 Å². The molecule has 1 atom stereocenters. The number of carbonyl (C=O) groups excluding carboxylic acids is 1. The molecule has 7 heteroatoms. The number of aromatic amines is 1. The summed E-state index contributed by atoms with van der Waals surface area (Å²) in [5, 5.41) is 10.0. The molecule has 0 bridgehead atoms. The second-order valence-electron chi connectivity index (χ2n) is 7.01. The molecule has 3 aromatic rings. The summed E-state index contributed by atoms with van der Waals surface area (Å²) in [5.74, 6) is 3.05. The molecular formula is C22H26N4O2S. The van der Waals surface area contributed by atoms with Crippen LogP contribution in [0, 0.1) is 5.92 Å². The summed E-state index contributed by atoms with van der Waals surface area (Å²) in [6.45, 7) is 4.45. The molecule has 29 heavy (non-hydrogen) atoms. The summed E-state index contributed by atoms with van der Waals surface area (Å²) < 4.78 is 5.17. The van der Waals surface area contributed by atoms with Gasteiger partial charge in [-0.3, -0.25) is 9.89 Å². The van der Waals surface area contributed by atoms with Crippen molar-refractivity contribution in [3.8, 4) is 17.1 Å². The van der Waals surface area contributed by atoms with E-state index >= 15 is 0 Å². The molecule has 0 aliphatic carbocycles. The Morgan fingerprint density at radius 1 is 1.14 bits per heavy atom. The highest BCUT2D eigenvalue weighted by Crippen LogP contribution is 2.24. The lowest BCUT2D eigenvalue weighted by atomic mass is 10.1. The second kappa shape index (κ2) is 10.1. The molecule has 6 nitrogen and oxygen atoms in total. The number of amides is 1. The van der Waals surface area contributed by atoms with Gasteiger partial charge in [0.1, 0.15) is 11.6 Å². The smallest absolute Gasteiger partial charge is 0.233 e. The number of methoxy groups -OCH3 is 1. The van der Waals surface area contributed by atoms with Gasteiger partial charge in [-0.1, -0.05) is 44.2 Å². The van der Waals surface area contributed by atoms with Gasteiger partial charge in [-0.25, -0.2) is 4.98 Å². The zero-order valence-electron chi connectivity index (χ0n) is 16.9. The van der Waals surface area contributed by atoms with Gasteiger partial charge >= 0.3 is 0 Å². The third-order valence-electron chi connectivity index (χ3n) is 4.45. The van der Waals surface area contributed by atoms with Crippen LogP contribution in [0.2, 0.25) is 0 Å². The van der Waals surface area contributed by atoms with Gasteiger partial charge in [0.25, 0.3) is 0 Å². The van der Waals surface area contributed by atoms with Crippen molar-refractivity contribution in [1.29, 1.82) is 0 Å². The Balaban J connectivity index is 1.56. The van der Waals surface area contributed by atoms with E-state index in [9.17, 15) is 4.79 Å². The molecule has 3 rings (SSSR count). The zero-order valence-corrected chi connectivity index (χ0v) is 17.7. The molecule has 2 N–H and O–H groups in total. The van der Waals surface area contributed by atoms with Crippen LogP contribution in [0.15, 0.2) is 54.6 Å². The lowest BCUT2D eigenvalue weighted by Crippen LogP contribution is -2.35. The predicted molar refractivity (Wildman–Crippen MR) is 117 cm³/mol. The molecule has 1 unspecified atom stereocenters. The summed E-state index contributed by atoms with van der Waals surface area (Å²) >= 11 is 1.66. The summed E-state index contributed by atoms with van der Waals surface area (Å²) in [4.78, 5) is 17.2. The van der Waals surface area contributed by atoms with Crippen LogP contribution in [0.3, 0.4) is 0 Å². The van der Waals surface area contributed by atoms with Crippen molar-refractivity contribution in [3.05, 3.63) is 66.0 Å². The molecular weight excluding hydrogens is 384 g/mol. The van der Waals surface area contributed by atoms with E-state index in [-0.39, 0.29) is 17.1 Å². The SMILES string of the molecule is COc1ccc(-c2n[nH]c(CNC(=O)C(SCc3ccccc3)C(C)C)n2)cc1. The summed E-state index contributed by atoms with van der Waals surface area (Å²) in [7, 11) is 1.63. The predicted octanol–water partition coefficient (Wildman–Crippen LogP) is 4.05. The van der Waals surface area contributed by atoms with Crippen molar-refractivity contribution < 1.29 is 9.53 Å². The number of carbonyl (C=O) groups is 1. The van der Waals surface area contributed by atoms with Crippen LogP contribution in [0.4, 0.5) is 0 Å². The highest BCUT2D eigenvalue weighted by molar-refractivity contribution is 7.99. The van der Waals surface area contributed by atoms with Crippen molar-refractivity contribution in [3.63, 3.8) is 0 Å². The van der Waals surface area contributed by atoms with E-state index in [0.29, 0.717) is 18.2 Å². The van der Waals surface area contributed by atoms with Gasteiger partial charge in [0.2, 0.25) is 5.91 Å². The summed E-state index contributed by atoms with van der Waals surface area (Å²) in [5.41, 5.74) is 2.11. The number of nitrogens with zero attached hydrogens (tertiary/aromatic N) is 2. The van der Waals surface area contributed by atoms with E-state index in [1.807, 2.05) is 42.5 Å². The lowest BCUT2D eigenvalue weighted by Gasteiger charge is -2.19. The molecule has 1 aromatic heterocycles. The Hall–Kier alpha value is -2.80. The number of nitrogens with one attached hydrogen (secondary N) is 2. The number of thioether (sulfide) groups is 1. The fourth-order valence-electron chi connectivity index (χ4n) is 2.85. The summed E-state index contributed by atoms with van der Waals surface area (Å²) in [6.07, 6.45) is 0. The molecule has 1 heterocycles. The van der Waals surface area contributed by atoms with Crippen LogP contribution >= 0.6 is 11.8 Å². The van der Waals surface area contributed by atoms with Gasteiger partial charge in [0.15, 0.2) is 5.82 Å². The third kappa shape index (κ3) is 5.84. The minimum Gasteiger partial charge on any atom is -0.497 e. The number of hydrogen-bond acceptors (Lipinski definition) is 5. The van der Waals surface area contributed by atoms with E-state index in [0.717, 1.165) is 17.1 Å². The molecule has 0 aliphatic rings. The van der Waals surface area contributed by atoms with Gasteiger partial charge < -0.3 is 10.1 Å². The highest BCUT2D eigenvalue weighted by Gasteiger charge is 2.22. The lowest BCUT2D eigenvalue weighted by molar-refractivity contribution is -0.121. The fourth-order valence-corrected chi connectivity index (χ4v) is 4.03. The molecule has 0 saturated carbocycles. The number of hydrogen-bond donors (Lipinski definition) is 2. The Labute approximate surface area is 175 Å². The second-order valence-corrected chi connectivity index (χ2v) is 8.14. The normalized spacial score (nSPS) is 12.0. The van der Waals surface area contributed by atoms with E-state index in [1.165, 1.54) is 5.56 Å². The molecule has 0 radical (unpaired) electrons. The maximum absolute atomic E-state index is 12.7. The Kier molecular flexibility index (Phi) is 7.30. The van der Waals surface area contributed by atoms with E-state index in [2.05, 4.69) is 46.5 Å². The monoisotopic (exact) mass is 410 g/mol. The minimum absolute atomic E-state index is 0.0170. The van der Waals surface area contributed by atoms with E-state index < -0.39 is 0 Å². The molecule has 2 aromatic carbocycles. The highest BCUT2D eigenvalue weighted by atomic mass is 32.2. The first-order chi connectivity index (χ1) is 14.1. The number of H-pyrrole nitrogens is 1. The molecule has 0 spiro atoms. The average molecular weight is 411 g/mol. The van der Waals surface area contributed by atoms with Crippen LogP contribution in [-0.2, 0) is 17.1 Å². The minimum atomic E-state index is -0.126. The van der Waals surface area contributed by atoms with Gasteiger partial charge in [-0.15, -0.1) is 11.8 Å². The first-order valence-corrected chi connectivity index (χ1v) is 10.6. The Bertz CT molecular complexity index is 910. The van der Waals surface area contributed by atoms with Crippen LogP contribution in [0.25, 0.3) is 11.4 Å². The number of benzene rings is 2. The quantitative estimate of drug-likeness (QED) is 0.556. The largest absolute Gasteiger partial charge is 0.497 e.